The first-order valence-electron chi connectivity index (χ1n) is 7.31. The standard InChI is InChI=1S/C17H22N2O/c1-3-19(4-2)12-11-16(20)13-15-10-9-14-7-5-6-8-17(14)18-15/h5-10H,3-4,11-13H2,1-2H3. The Bertz CT molecular complexity index is 576. The van der Waals surface area contributed by atoms with Gasteiger partial charge >= 0.3 is 0 Å². The number of para-hydroxylation sites is 1. The Morgan fingerprint density at radius 2 is 1.85 bits per heavy atom. The molecular formula is C17H22N2O. The van der Waals surface area contributed by atoms with Crippen LogP contribution in [-0.4, -0.2) is 35.3 Å². The summed E-state index contributed by atoms with van der Waals surface area (Å²) in [6, 6.07) is 12.0. The molecule has 0 N–H and O–H groups in total. The maximum atomic E-state index is 12.0. The van der Waals surface area contributed by atoms with Crippen LogP contribution in [-0.2, 0) is 11.2 Å². The first-order chi connectivity index (χ1) is 9.72. The Hall–Kier alpha value is -1.74. The van der Waals surface area contributed by atoms with Gasteiger partial charge in [0.2, 0.25) is 0 Å². The van der Waals surface area contributed by atoms with Gasteiger partial charge in [0.1, 0.15) is 5.78 Å². The summed E-state index contributed by atoms with van der Waals surface area (Å²) in [5.74, 6) is 0.264. The number of ketones is 1. The van der Waals surface area contributed by atoms with Crippen LogP contribution in [0.2, 0.25) is 0 Å². The van der Waals surface area contributed by atoms with Gasteiger partial charge < -0.3 is 4.90 Å². The molecule has 2 rings (SSSR count). The number of pyridine rings is 1. The Morgan fingerprint density at radius 3 is 2.60 bits per heavy atom. The molecule has 1 heterocycles. The average molecular weight is 270 g/mol. The fraction of sp³-hybridized carbons (Fsp3) is 0.412. The predicted molar refractivity (Wildman–Crippen MR) is 82.9 cm³/mol. The van der Waals surface area contributed by atoms with Crippen molar-refractivity contribution in [2.24, 2.45) is 0 Å². The highest BCUT2D eigenvalue weighted by Gasteiger charge is 2.08. The first-order valence-corrected chi connectivity index (χ1v) is 7.31. The number of Topliss-reactive ketones (excluding diaryl/α,β-unsaturated/α-hetero) is 1. The second-order valence-electron chi connectivity index (χ2n) is 4.99. The summed E-state index contributed by atoms with van der Waals surface area (Å²) in [6.45, 7) is 7.09. The number of carbonyl (C=O) groups is 1. The minimum atomic E-state index is 0.264. The summed E-state index contributed by atoms with van der Waals surface area (Å²) in [5.41, 5.74) is 1.83. The molecule has 0 saturated heterocycles. The van der Waals surface area contributed by atoms with E-state index in [9.17, 15) is 4.79 Å². The molecule has 2 aromatic rings. The van der Waals surface area contributed by atoms with Crippen LogP contribution in [0.25, 0.3) is 10.9 Å². The van der Waals surface area contributed by atoms with Crippen LogP contribution in [0.1, 0.15) is 26.0 Å². The molecule has 0 aliphatic carbocycles. The van der Waals surface area contributed by atoms with Crippen LogP contribution in [0.5, 0.6) is 0 Å². The predicted octanol–water partition coefficient (Wildman–Crippen LogP) is 3.08. The lowest BCUT2D eigenvalue weighted by atomic mass is 10.1. The van der Waals surface area contributed by atoms with Gasteiger partial charge in [0.05, 0.1) is 5.52 Å². The molecule has 0 radical (unpaired) electrons. The van der Waals surface area contributed by atoms with Gasteiger partial charge in [0.25, 0.3) is 0 Å². The molecule has 20 heavy (non-hydrogen) atoms. The maximum Gasteiger partial charge on any atom is 0.140 e. The molecule has 1 aromatic heterocycles. The van der Waals surface area contributed by atoms with Crippen LogP contribution in [0.3, 0.4) is 0 Å². The Kier molecular flexibility index (Phi) is 5.24. The van der Waals surface area contributed by atoms with E-state index in [-0.39, 0.29) is 5.78 Å². The van der Waals surface area contributed by atoms with E-state index in [2.05, 4.69) is 23.7 Å². The third-order valence-corrected chi connectivity index (χ3v) is 3.64. The number of carbonyl (C=O) groups excluding carboxylic acids is 1. The minimum absolute atomic E-state index is 0.264. The highest BCUT2D eigenvalue weighted by molar-refractivity contribution is 5.82. The van der Waals surface area contributed by atoms with Crippen LogP contribution >= 0.6 is 0 Å². The molecular weight excluding hydrogens is 248 g/mol. The number of fused-ring (bicyclic) bond motifs is 1. The largest absolute Gasteiger partial charge is 0.303 e. The first kappa shape index (κ1) is 14.7. The third kappa shape index (κ3) is 3.87. The van der Waals surface area contributed by atoms with Gasteiger partial charge in [-0.05, 0) is 25.2 Å². The molecule has 0 aliphatic heterocycles. The summed E-state index contributed by atoms with van der Waals surface area (Å²) in [6.07, 6.45) is 1.04. The second kappa shape index (κ2) is 7.15. The highest BCUT2D eigenvalue weighted by Crippen LogP contribution is 2.12. The summed E-state index contributed by atoms with van der Waals surface area (Å²) >= 11 is 0. The Balaban J connectivity index is 1.95. The smallest absolute Gasteiger partial charge is 0.140 e. The fourth-order valence-corrected chi connectivity index (χ4v) is 2.32. The molecule has 0 spiro atoms. The van der Waals surface area contributed by atoms with E-state index in [4.69, 9.17) is 0 Å². The van der Waals surface area contributed by atoms with E-state index in [1.54, 1.807) is 0 Å². The molecule has 0 saturated carbocycles. The molecule has 1 aromatic carbocycles. The molecule has 0 atom stereocenters. The summed E-state index contributed by atoms with van der Waals surface area (Å²) in [5, 5.41) is 1.12. The number of nitrogens with zero attached hydrogens (tertiary/aromatic N) is 2. The molecule has 0 amide bonds. The molecule has 0 aliphatic rings. The van der Waals surface area contributed by atoms with Gasteiger partial charge in [-0.15, -0.1) is 0 Å². The lowest BCUT2D eigenvalue weighted by molar-refractivity contribution is -0.118. The zero-order valence-electron chi connectivity index (χ0n) is 12.3. The Morgan fingerprint density at radius 1 is 1.10 bits per heavy atom. The zero-order chi connectivity index (χ0) is 14.4. The third-order valence-electron chi connectivity index (χ3n) is 3.64. The average Bonchev–Trinajstić information content (AvgIpc) is 2.48. The van der Waals surface area contributed by atoms with E-state index in [0.717, 1.165) is 36.2 Å². The van der Waals surface area contributed by atoms with E-state index in [1.807, 2.05) is 36.4 Å². The number of hydrogen-bond acceptors (Lipinski definition) is 3. The van der Waals surface area contributed by atoms with Gasteiger partial charge in [-0.3, -0.25) is 9.78 Å². The normalized spacial score (nSPS) is 11.2. The SMILES string of the molecule is CCN(CC)CCC(=O)Cc1ccc2ccccc2n1. The monoisotopic (exact) mass is 270 g/mol. The van der Waals surface area contributed by atoms with E-state index < -0.39 is 0 Å². The van der Waals surface area contributed by atoms with E-state index >= 15 is 0 Å². The van der Waals surface area contributed by atoms with Gasteiger partial charge in [-0.2, -0.15) is 0 Å². The fourth-order valence-electron chi connectivity index (χ4n) is 2.32. The van der Waals surface area contributed by atoms with Gasteiger partial charge in [-0.1, -0.05) is 38.1 Å². The summed E-state index contributed by atoms with van der Waals surface area (Å²) in [7, 11) is 0. The van der Waals surface area contributed by atoms with Crippen molar-refractivity contribution in [1.82, 2.24) is 9.88 Å². The molecule has 3 nitrogen and oxygen atoms in total. The van der Waals surface area contributed by atoms with E-state index in [1.165, 1.54) is 0 Å². The van der Waals surface area contributed by atoms with Crippen LogP contribution < -0.4 is 0 Å². The lowest BCUT2D eigenvalue weighted by Gasteiger charge is -2.16. The molecule has 0 fully saturated rings. The maximum absolute atomic E-state index is 12.0. The van der Waals surface area contributed by atoms with Gasteiger partial charge in [-0.25, -0.2) is 0 Å². The second-order valence-corrected chi connectivity index (χ2v) is 4.99. The van der Waals surface area contributed by atoms with Crippen molar-refractivity contribution in [2.45, 2.75) is 26.7 Å². The highest BCUT2D eigenvalue weighted by atomic mass is 16.1. The van der Waals surface area contributed by atoms with Crippen molar-refractivity contribution >= 4 is 16.7 Å². The summed E-state index contributed by atoms with van der Waals surface area (Å²) in [4.78, 5) is 18.8. The number of benzene rings is 1. The minimum Gasteiger partial charge on any atom is -0.303 e. The van der Waals surface area contributed by atoms with Crippen molar-refractivity contribution < 1.29 is 4.79 Å². The molecule has 3 heteroatoms. The topological polar surface area (TPSA) is 33.2 Å². The van der Waals surface area contributed by atoms with E-state index in [0.29, 0.717) is 12.8 Å². The van der Waals surface area contributed by atoms with Crippen LogP contribution in [0.15, 0.2) is 36.4 Å². The van der Waals surface area contributed by atoms with Gasteiger partial charge in [0.15, 0.2) is 0 Å². The molecule has 0 unspecified atom stereocenters. The number of rotatable bonds is 7. The van der Waals surface area contributed by atoms with Crippen LogP contribution in [0, 0.1) is 0 Å². The zero-order valence-corrected chi connectivity index (χ0v) is 12.3. The number of aromatic nitrogens is 1. The lowest BCUT2D eigenvalue weighted by Crippen LogP contribution is -2.26. The van der Waals surface area contributed by atoms with Crippen molar-refractivity contribution in [1.29, 1.82) is 0 Å². The van der Waals surface area contributed by atoms with Crippen LogP contribution in [0.4, 0.5) is 0 Å². The Labute approximate surface area is 120 Å². The molecule has 106 valence electrons. The van der Waals surface area contributed by atoms with Crippen molar-refractivity contribution in [3.63, 3.8) is 0 Å². The summed E-state index contributed by atoms with van der Waals surface area (Å²) < 4.78 is 0. The quantitative estimate of drug-likeness (QED) is 0.775. The van der Waals surface area contributed by atoms with Crippen molar-refractivity contribution in [3.05, 3.63) is 42.1 Å². The van der Waals surface area contributed by atoms with Gasteiger partial charge in [0, 0.05) is 30.5 Å². The molecule has 0 bridgehead atoms. The van der Waals surface area contributed by atoms with Crippen molar-refractivity contribution in [3.8, 4) is 0 Å². The van der Waals surface area contributed by atoms with Crippen molar-refractivity contribution in [2.75, 3.05) is 19.6 Å². The number of hydrogen-bond donors (Lipinski definition) is 0.